The Labute approximate surface area is 85.8 Å². The van der Waals surface area contributed by atoms with E-state index in [1.807, 2.05) is 11.9 Å². The van der Waals surface area contributed by atoms with Gasteiger partial charge in [-0.2, -0.15) is 0 Å². The first kappa shape index (κ1) is 9.97. The molecule has 3 heteroatoms. The largest absolute Gasteiger partial charge is 0.343 e. The second kappa shape index (κ2) is 4.30. The monoisotopic (exact) mass is 196 g/mol. The Hall–Kier alpha value is -0.570. The molecule has 0 aromatic carbocycles. The molecule has 1 atom stereocenters. The van der Waals surface area contributed by atoms with Crippen LogP contribution in [0.2, 0.25) is 0 Å². The Balaban J connectivity index is 1.75. The molecule has 14 heavy (non-hydrogen) atoms. The number of amides is 1. The highest BCUT2D eigenvalue weighted by Gasteiger charge is 2.27. The lowest BCUT2D eigenvalue weighted by Crippen LogP contribution is -2.43. The van der Waals surface area contributed by atoms with Crippen LogP contribution in [0.4, 0.5) is 0 Å². The van der Waals surface area contributed by atoms with Gasteiger partial charge in [0, 0.05) is 25.6 Å². The highest BCUT2D eigenvalue weighted by molar-refractivity contribution is 5.77. The van der Waals surface area contributed by atoms with Crippen LogP contribution in [-0.2, 0) is 4.79 Å². The zero-order chi connectivity index (χ0) is 9.97. The summed E-state index contributed by atoms with van der Waals surface area (Å²) in [5.74, 6) is 0.328. The third-order valence-electron chi connectivity index (χ3n) is 3.60. The van der Waals surface area contributed by atoms with E-state index in [1.165, 1.54) is 32.1 Å². The van der Waals surface area contributed by atoms with Crippen LogP contribution in [0.1, 0.15) is 38.5 Å². The van der Waals surface area contributed by atoms with E-state index in [4.69, 9.17) is 0 Å². The van der Waals surface area contributed by atoms with Gasteiger partial charge in [0.05, 0.1) is 0 Å². The Kier molecular flexibility index (Phi) is 3.06. The van der Waals surface area contributed by atoms with Gasteiger partial charge in [0.15, 0.2) is 0 Å². The smallest absolute Gasteiger partial charge is 0.224 e. The zero-order valence-corrected chi connectivity index (χ0v) is 8.96. The number of hydrogen-bond donors (Lipinski definition) is 1. The number of rotatable bonds is 3. The number of carbonyl (C=O) groups excluding carboxylic acids is 1. The average Bonchev–Trinajstić information content (AvgIpc) is 2.53. The Morgan fingerprint density at radius 2 is 2.14 bits per heavy atom. The number of nitrogens with zero attached hydrogens (tertiary/aromatic N) is 1. The van der Waals surface area contributed by atoms with Gasteiger partial charge < -0.3 is 10.2 Å². The molecule has 80 valence electrons. The van der Waals surface area contributed by atoms with Gasteiger partial charge in [-0.1, -0.05) is 0 Å². The van der Waals surface area contributed by atoms with Crippen molar-refractivity contribution in [3.8, 4) is 0 Å². The van der Waals surface area contributed by atoms with Crippen LogP contribution in [0.25, 0.3) is 0 Å². The minimum atomic E-state index is 0.328. The van der Waals surface area contributed by atoms with Crippen molar-refractivity contribution in [1.82, 2.24) is 10.2 Å². The molecule has 2 aliphatic rings. The number of hydrogen-bond acceptors (Lipinski definition) is 2. The summed E-state index contributed by atoms with van der Waals surface area (Å²) < 4.78 is 0. The van der Waals surface area contributed by atoms with Gasteiger partial charge in [0.1, 0.15) is 0 Å². The first-order chi connectivity index (χ1) is 6.77. The summed E-state index contributed by atoms with van der Waals surface area (Å²) in [6, 6.07) is 0.994. The summed E-state index contributed by atoms with van der Waals surface area (Å²) >= 11 is 0. The van der Waals surface area contributed by atoms with Crippen molar-refractivity contribution < 1.29 is 4.79 Å². The summed E-state index contributed by atoms with van der Waals surface area (Å²) in [6.07, 6.45) is 6.81. The third kappa shape index (κ3) is 2.08. The van der Waals surface area contributed by atoms with Crippen molar-refractivity contribution in [3.05, 3.63) is 0 Å². The lowest BCUT2D eigenvalue weighted by molar-refractivity contribution is -0.133. The van der Waals surface area contributed by atoms with Crippen molar-refractivity contribution in [2.24, 2.45) is 0 Å². The fourth-order valence-electron chi connectivity index (χ4n) is 2.26. The van der Waals surface area contributed by atoms with Crippen LogP contribution in [0.5, 0.6) is 0 Å². The maximum absolute atomic E-state index is 11.8. The summed E-state index contributed by atoms with van der Waals surface area (Å²) in [6.45, 7) is 1.09. The molecule has 2 rings (SSSR count). The lowest BCUT2D eigenvalue weighted by Gasteiger charge is -2.35. The predicted molar refractivity (Wildman–Crippen MR) is 56.1 cm³/mol. The molecule has 1 saturated carbocycles. The molecule has 1 aliphatic carbocycles. The van der Waals surface area contributed by atoms with Gasteiger partial charge in [-0.15, -0.1) is 0 Å². The Bertz CT molecular complexity index is 207. The fourth-order valence-corrected chi connectivity index (χ4v) is 2.26. The summed E-state index contributed by atoms with van der Waals surface area (Å²) in [4.78, 5) is 13.8. The zero-order valence-electron chi connectivity index (χ0n) is 8.96. The van der Waals surface area contributed by atoms with Gasteiger partial charge in [0.2, 0.25) is 5.91 Å². The van der Waals surface area contributed by atoms with Crippen LogP contribution in [0.3, 0.4) is 0 Å². The average molecular weight is 196 g/mol. The first-order valence-electron chi connectivity index (χ1n) is 5.76. The molecular weight excluding hydrogens is 176 g/mol. The van der Waals surface area contributed by atoms with Crippen molar-refractivity contribution >= 4 is 5.91 Å². The summed E-state index contributed by atoms with van der Waals surface area (Å²) in [7, 11) is 1.96. The normalized spacial score (nSPS) is 27.4. The maximum atomic E-state index is 11.8. The fraction of sp³-hybridized carbons (Fsp3) is 0.909. The van der Waals surface area contributed by atoms with Gasteiger partial charge in [-0.05, 0) is 38.6 Å². The quantitative estimate of drug-likeness (QED) is 0.734. The molecule has 1 N–H and O–H groups in total. The summed E-state index contributed by atoms with van der Waals surface area (Å²) in [5, 5.41) is 3.37. The second-order valence-electron chi connectivity index (χ2n) is 4.59. The molecule has 0 aromatic rings. The van der Waals surface area contributed by atoms with Crippen LogP contribution in [0, 0.1) is 0 Å². The third-order valence-corrected chi connectivity index (χ3v) is 3.60. The van der Waals surface area contributed by atoms with Crippen LogP contribution < -0.4 is 5.32 Å². The van der Waals surface area contributed by atoms with Crippen LogP contribution in [-0.4, -0.2) is 36.5 Å². The van der Waals surface area contributed by atoms with E-state index in [1.54, 1.807) is 0 Å². The first-order valence-corrected chi connectivity index (χ1v) is 5.76. The van der Waals surface area contributed by atoms with Crippen LogP contribution in [0.15, 0.2) is 0 Å². The predicted octanol–water partition coefficient (Wildman–Crippen LogP) is 1.14. The van der Waals surface area contributed by atoms with E-state index < -0.39 is 0 Å². The van der Waals surface area contributed by atoms with Crippen molar-refractivity contribution in [3.63, 3.8) is 0 Å². The molecule has 1 saturated heterocycles. The molecule has 0 radical (unpaired) electrons. The van der Waals surface area contributed by atoms with Crippen LogP contribution >= 0.6 is 0 Å². The molecule has 1 unspecified atom stereocenters. The van der Waals surface area contributed by atoms with E-state index in [2.05, 4.69) is 5.32 Å². The van der Waals surface area contributed by atoms with Crippen molar-refractivity contribution in [1.29, 1.82) is 0 Å². The molecule has 3 nitrogen and oxygen atoms in total. The van der Waals surface area contributed by atoms with Crippen molar-refractivity contribution in [2.75, 3.05) is 13.6 Å². The van der Waals surface area contributed by atoms with E-state index >= 15 is 0 Å². The van der Waals surface area contributed by atoms with Gasteiger partial charge >= 0.3 is 0 Å². The number of carbonyl (C=O) groups is 1. The molecule has 1 heterocycles. The highest BCUT2D eigenvalue weighted by atomic mass is 16.2. The lowest BCUT2D eigenvalue weighted by atomic mass is 9.91. The minimum Gasteiger partial charge on any atom is -0.343 e. The minimum absolute atomic E-state index is 0.328. The molecule has 0 bridgehead atoms. The SMILES string of the molecule is CN(C(=O)CC1CCCN1)C1CCC1. The van der Waals surface area contributed by atoms with E-state index in [0.29, 0.717) is 24.4 Å². The second-order valence-corrected chi connectivity index (χ2v) is 4.59. The topological polar surface area (TPSA) is 32.3 Å². The Morgan fingerprint density at radius 1 is 1.36 bits per heavy atom. The van der Waals surface area contributed by atoms with E-state index in [-0.39, 0.29) is 0 Å². The van der Waals surface area contributed by atoms with Gasteiger partial charge in [-0.25, -0.2) is 0 Å². The van der Waals surface area contributed by atoms with Crippen molar-refractivity contribution in [2.45, 2.75) is 50.6 Å². The number of nitrogens with one attached hydrogen (secondary N) is 1. The molecule has 1 amide bonds. The highest BCUT2D eigenvalue weighted by Crippen LogP contribution is 2.24. The molecule has 0 spiro atoms. The standard InChI is InChI=1S/C11H20N2O/c1-13(10-5-2-6-10)11(14)8-9-4-3-7-12-9/h9-10,12H,2-8H2,1H3. The van der Waals surface area contributed by atoms with Gasteiger partial charge in [-0.3, -0.25) is 4.79 Å². The molecular formula is C11H20N2O. The molecule has 1 aliphatic heterocycles. The van der Waals surface area contributed by atoms with E-state index in [0.717, 1.165) is 6.54 Å². The van der Waals surface area contributed by atoms with Gasteiger partial charge in [0.25, 0.3) is 0 Å². The molecule has 0 aromatic heterocycles. The summed E-state index contributed by atoms with van der Waals surface area (Å²) in [5.41, 5.74) is 0. The van der Waals surface area contributed by atoms with E-state index in [9.17, 15) is 4.79 Å². The maximum Gasteiger partial charge on any atom is 0.224 e. The Morgan fingerprint density at radius 3 is 2.64 bits per heavy atom. The molecule has 2 fully saturated rings.